The third kappa shape index (κ3) is 8.19. The van der Waals surface area contributed by atoms with E-state index in [1.54, 1.807) is 36.2 Å². The number of cyclic esters (lactones) is 1. The van der Waals surface area contributed by atoms with E-state index >= 15 is 0 Å². The van der Waals surface area contributed by atoms with Gasteiger partial charge in [0.1, 0.15) is 19.3 Å². The zero-order valence-electron chi connectivity index (χ0n) is 23.7. The second kappa shape index (κ2) is 14.3. The first kappa shape index (κ1) is 30.3. The molecule has 0 aromatic heterocycles. The highest BCUT2D eigenvalue weighted by atomic mass is 16.6. The van der Waals surface area contributed by atoms with E-state index < -0.39 is 24.2 Å². The molecular formula is C29H35N5O8. The quantitative estimate of drug-likeness (QED) is 0.423. The third-order valence-electron chi connectivity index (χ3n) is 6.84. The van der Waals surface area contributed by atoms with Crippen LogP contribution in [-0.4, -0.2) is 106 Å². The lowest BCUT2D eigenvalue weighted by Crippen LogP contribution is -2.42. The number of hydrogen-bond donors (Lipinski definition) is 1. The standard InChI is InChI=1S/C29H35N5O8/c1-31(28(38)41-19-21-6-4-3-5-7-21)13-12-26(36)32(2)18-25(35)30-16-24-17-34(29(39)42-24)23-10-8-22(9-11-23)33-14-15-40-20-27(33)37/h3-11,24H,12-20H2,1-2H3,(H,30,35). The van der Waals surface area contributed by atoms with Crippen molar-refractivity contribution in [3.63, 3.8) is 0 Å². The summed E-state index contributed by atoms with van der Waals surface area (Å²) < 4.78 is 15.8. The number of morpholine rings is 1. The summed E-state index contributed by atoms with van der Waals surface area (Å²) in [4.78, 5) is 67.3. The van der Waals surface area contributed by atoms with Crippen LogP contribution in [0.3, 0.4) is 0 Å². The second-order valence-electron chi connectivity index (χ2n) is 10.00. The molecule has 224 valence electrons. The molecule has 1 atom stereocenters. The Kier molecular flexibility index (Phi) is 10.3. The van der Waals surface area contributed by atoms with Crippen LogP contribution in [0.15, 0.2) is 54.6 Å². The van der Waals surface area contributed by atoms with Gasteiger partial charge in [0.25, 0.3) is 5.91 Å². The predicted molar refractivity (Wildman–Crippen MR) is 152 cm³/mol. The third-order valence-corrected chi connectivity index (χ3v) is 6.84. The zero-order valence-corrected chi connectivity index (χ0v) is 23.7. The van der Waals surface area contributed by atoms with Gasteiger partial charge in [0.05, 0.1) is 26.2 Å². The van der Waals surface area contributed by atoms with Gasteiger partial charge in [-0.1, -0.05) is 30.3 Å². The number of ether oxygens (including phenoxy) is 3. The zero-order chi connectivity index (χ0) is 30.1. The molecule has 2 aromatic rings. The van der Waals surface area contributed by atoms with Crippen LogP contribution in [0.4, 0.5) is 21.0 Å². The highest BCUT2D eigenvalue weighted by molar-refractivity contribution is 5.95. The van der Waals surface area contributed by atoms with Gasteiger partial charge in [-0.05, 0) is 29.8 Å². The van der Waals surface area contributed by atoms with Gasteiger partial charge in [0, 0.05) is 45.0 Å². The molecule has 4 rings (SSSR count). The largest absolute Gasteiger partial charge is 0.445 e. The lowest BCUT2D eigenvalue weighted by Gasteiger charge is -2.27. The maximum Gasteiger partial charge on any atom is 0.414 e. The molecule has 0 aliphatic carbocycles. The molecule has 0 spiro atoms. The van der Waals surface area contributed by atoms with Gasteiger partial charge >= 0.3 is 12.2 Å². The molecule has 5 amide bonds. The van der Waals surface area contributed by atoms with Crippen molar-refractivity contribution in [2.75, 3.05) is 69.8 Å². The molecule has 1 N–H and O–H groups in total. The predicted octanol–water partition coefficient (Wildman–Crippen LogP) is 1.61. The molecule has 2 aliphatic heterocycles. The average Bonchev–Trinajstić information content (AvgIpc) is 3.38. The fraction of sp³-hybridized carbons (Fsp3) is 0.414. The number of hydrogen-bond acceptors (Lipinski definition) is 8. The van der Waals surface area contributed by atoms with Crippen LogP contribution in [-0.2, 0) is 35.2 Å². The molecule has 0 bridgehead atoms. The molecular weight excluding hydrogens is 546 g/mol. The first-order valence-electron chi connectivity index (χ1n) is 13.6. The molecule has 2 aromatic carbocycles. The molecule has 0 saturated carbocycles. The van der Waals surface area contributed by atoms with Crippen LogP contribution in [0.1, 0.15) is 12.0 Å². The number of rotatable bonds is 11. The van der Waals surface area contributed by atoms with Crippen molar-refractivity contribution in [1.82, 2.24) is 15.1 Å². The summed E-state index contributed by atoms with van der Waals surface area (Å²) in [5.74, 6) is -0.839. The molecule has 2 aliphatic rings. The summed E-state index contributed by atoms with van der Waals surface area (Å²) in [6.07, 6.45) is -1.63. The minimum atomic E-state index is -0.571. The van der Waals surface area contributed by atoms with Crippen molar-refractivity contribution in [3.8, 4) is 0 Å². The van der Waals surface area contributed by atoms with Crippen molar-refractivity contribution in [3.05, 3.63) is 60.2 Å². The fourth-order valence-electron chi connectivity index (χ4n) is 4.40. The highest BCUT2D eigenvalue weighted by Gasteiger charge is 2.33. The van der Waals surface area contributed by atoms with Crippen LogP contribution in [0.25, 0.3) is 0 Å². The summed E-state index contributed by atoms with van der Waals surface area (Å²) in [5.41, 5.74) is 2.19. The van der Waals surface area contributed by atoms with Crippen molar-refractivity contribution in [1.29, 1.82) is 0 Å². The lowest BCUT2D eigenvalue weighted by atomic mass is 10.2. The van der Waals surface area contributed by atoms with Crippen LogP contribution in [0, 0.1) is 0 Å². The van der Waals surface area contributed by atoms with Gasteiger partial charge in [-0.25, -0.2) is 9.59 Å². The Bertz CT molecular complexity index is 1270. The average molecular weight is 582 g/mol. The smallest absolute Gasteiger partial charge is 0.414 e. The summed E-state index contributed by atoms with van der Waals surface area (Å²) in [6.45, 7) is 1.37. The number of benzene rings is 2. The van der Waals surface area contributed by atoms with Gasteiger partial charge < -0.3 is 34.2 Å². The van der Waals surface area contributed by atoms with Crippen LogP contribution < -0.4 is 15.1 Å². The van der Waals surface area contributed by atoms with Crippen LogP contribution >= 0.6 is 0 Å². The number of anilines is 2. The Morgan fingerprint density at radius 1 is 0.976 bits per heavy atom. The van der Waals surface area contributed by atoms with E-state index in [4.69, 9.17) is 14.2 Å². The Hall–Kier alpha value is -4.65. The summed E-state index contributed by atoms with van der Waals surface area (Å²) in [5, 5.41) is 2.70. The van der Waals surface area contributed by atoms with E-state index in [9.17, 15) is 24.0 Å². The molecule has 2 fully saturated rings. The molecule has 2 heterocycles. The first-order chi connectivity index (χ1) is 20.2. The molecule has 1 unspecified atom stereocenters. The molecule has 0 radical (unpaired) electrons. The Balaban J connectivity index is 1.15. The van der Waals surface area contributed by atoms with Gasteiger partial charge in [-0.3, -0.25) is 19.3 Å². The van der Waals surface area contributed by atoms with E-state index in [0.29, 0.717) is 18.8 Å². The van der Waals surface area contributed by atoms with Crippen molar-refractivity contribution in [2.45, 2.75) is 19.1 Å². The molecule has 13 nitrogen and oxygen atoms in total. The monoisotopic (exact) mass is 581 g/mol. The minimum Gasteiger partial charge on any atom is -0.445 e. The van der Waals surface area contributed by atoms with Crippen molar-refractivity contribution in [2.24, 2.45) is 0 Å². The van der Waals surface area contributed by atoms with Gasteiger partial charge in [-0.15, -0.1) is 0 Å². The molecule has 42 heavy (non-hydrogen) atoms. The normalized spacial score (nSPS) is 16.6. The van der Waals surface area contributed by atoms with Crippen molar-refractivity contribution < 1.29 is 38.2 Å². The maximum absolute atomic E-state index is 12.5. The first-order valence-corrected chi connectivity index (χ1v) is 13.6. The fourth-order valence-corrected chi connectivity index (χ4v) is 4.40. The summed E-state index contributed by atoms with van der Waals surface area (Å²) in [6, 6.07) is 16.3. The molecule has 2 saturated heterocycles. The SMILES string of the molecule is CN(CC(=O)NCC1CN(c2ccc(N3CCOCC3=O)cc2)C(=O)O1)C(=O)CCN(C)C(=O)OCc1ccccc1. The topological polar surface area (TPSA) is 138 Å². The Labute approximate surface area is 243 Å². The van der Waals surface area contributed by atoms with E-state index in [1.165, 1.54) is 21.7 Å². The Morgan fingerprint density at radius 2 is 1.67 bits per heavy atom. The highest BCUT2D eigenvalue weighted by Crippen LogP contribution is 2.25. The number of likely N-dealkylation sites (N-methyl/N-ethyl adjacent to an activating group) is 1. The second-order valence-corrected chi connectivity index (χ2v) is 10.00. The number of nitrogens with zero attached hydrogens (tertiary/aromatic N) is 4. The van der Waals surface area contributed by atoms with E-state index in [0.717, 1.165) is 11.3 Å². The lowest BCUT2D eigenvalue weighted by molar-refractivity contribution is -0.135. The van der Waals surface area contributed by atoms with Crippen molar-refractivity contribution >= 4 is 41.3 Å². The van der Waals surface area contributed by atoms with Crippen LogP contribution in [0.5, 0.6) is 0 Å². The maximum atomic E-state index is 12.5. The number of nitrogens with one attached hydrogen (secondary N) is 1. The van der Waals surface area contributed by atoms with E-state index in [2.05, 4.69) is 5.32 Å². The number of carbonyl (C=O) groups excluding carboxylic acids is 5. The summed E-state index contributed by atoms with van der Waals surface area (Å²) in [7, 11) is 3.04. The van der Waals surface area contributed by atoms with Gasteiger partial charge in [0.2, 0.25) is 11.8 Å². The van der Waals surface area contributed by atoms with Gasteiger partial charge in [-0.2, -0.15) is 0 Å². The number of carbonyl (C=O) groups is 5. The minimum absolute atomic E-state index is 0.0222. The van der Waals surface area contributed by atoms with E-state index in [1.807, 2.05) is 30.3 Å². The number of amides is 5. The van der Waals surface area contributed by atoms with E-state index in [-0.39, 0.29) is 57.6 Å². The van der Waals surface area contributed by atoms with Crippen LogP contribution in [0.2, 0.25) is 0 Å². The van der Waals surface area contributed by atoms with Gasteiger partial charge in [0.15, 0.2) is 0 Å². The Morgan fingerprint density at radius 3 is 2.36 bits per heavy atom. The summed E-state index contributed by atoms with van der Waals surface area (Å²) >= 11 is 0. The molecule has 13 heteroatoms.